The molecule has 28 heavy (non-hydrogen) atoms. The van der Waals surface area contributed by atoms with Crippen molar-refractivity contribution in [3.63, 3.8) is 0 Å². The van der Waals surface area contributed by atoms with Crippen LogP contribution in [-0.2, 0) is 11.2 Å². The molecule has 0 unspecified atom stereocenters. The number of hydrogen-bond acceptors (Lipinski definition) is 3. The molecule has 0 spiro atoms. The number of piperidine rings is 1. The Morgan fingerprint density at radius 2 is 1.75 bits per heavy atom. The molecular weight excluding hydrogens is 370 g/mol. The molecule has 3 aromatic rings. The number of carbonyl (C=O) groups excluding carboxylic acids is 2. The zero-order chi connectivity index (χ0) is 19.3. The van der Waals surface area contributed by atoms with Gasteiger partial charge in [-0.15, -0.1) is 0 Å². The van der Waals surface area contributed by atoms with E-state index in [1.54, 1.807) is 0 Å². The fourth-order valence-corrected chi connectivity index (χ4v) is 4.15. The molecule has 144 valence electrons. The molecule has 0 atom stereocenters. The summed E-state index contributed by atoms with van der Waals surface area (Å²) >= 11 is 1.52. The maximum absolute atomic E-state index is 12.6. The van der Waals surface area contributed by atoms with Gasteiger partial charge in [0.2, 0.25) is 5.91 Å². The zero-order valence-electron chi connectivity index (χ0n) is 15.6. The van der Waals surface area contributed by atoms with Crippen molar-refractivity contribution >= 4 is 23.2 Å². The van der Waals surface area contributed by atoms with E-state index in [-0.39, 0.29) is 17.9 Å². The quantitative estimate of drug-likeness (QED) is 0.721. The number of rotatable bonds is 5. The maximum atomic E-state index is 12.6. The second kappa shape index (κ2) is 8.44. The standard InChI is InChI=1S/C22H23N3O2S/c26-21(15-17-3-5-20(6-4-17)24-10-1-2-11-24)25-12-7-19(8-13-25)23-22(27)18-9-14-28-16-18/h1-6,9-11,14,16,19H,7-8,12-13,15H2,(H,23,27). The van der Waals surface area contributed by atoms with Gasteiger partial charge in [-0.3, -0.25) is 9.59 Å². The maximum Gasteiger partial charge on any atom is 0.252 e. The minimum absolute atomic E-state index is 0.0196. The number of amides is 2. The summed E-state index contributed by atoms with van der Waals surface area (Å²) < 4.78 is 2.04. The van der Waals surface area contributed by atoms with Gasteiger partial charge in [0.05, 0.1) is 6.42 Å². The summed E-state index contributed by atoms with van der Waals surface area (Å²) in [6.07, 6.45) is 6.02. The molecule has 4 rings (SSSR count). The van der Waals surface area contributed by atoms with Crippen LogP contribution in [0.3, 0.4) is 0 Å². The Hall–Kier alpha value is -2.86. The average molecular weight is 394 g/mol. The lowest BCUT2D eigenvalue weighted by Crippen LogP contribution is -2.46. The molecule has 1 aliphatic heterocycles. The van der Waals surface area contributed by atoms with Crippen LogP contribution in [0.5, 0.6) is 0 Å². The first-order chi connectivity index (χ1) is 13.7. The molecule has 0 saturated carbocycles. The highest BCUT2D eigenvalue weighted by atomic mass is 32.1. The Bertz CT molecular complexity index is 909. The number of thiophene rings is 1. The second-order valence-electron chi connectivity index (χ2n) is 7.07. The number of nitrogens with zero attached hydrogens (tertiary/aromatic N) is 2. The highest BCUT2D eigenvalue weighted by Crippen LogP contribution is 2.15. The molecular formula is C22H23N3O2S. The second-order valence-corrected chi connectivity index (χ2v) is 7.85. The van der Waals surface area contributed by atoms with E-state index in [4.69, 9.17) is 0 Å². The van der Waals surface area contributed by atoms with E-state index >= 15 is 0 Å². The molecule has 1 aromatic carbocycles. The number of likely N-dealkylation sites (tertiary alicyclic amines) is 1. The van der Waals surface area contributed by atoms with E-state index < -0.39 is 0 Å². The fraction of sp³-hybridized carbons (Fsp3) is 0.273. The molecule has 1 aliphatic rings. The van der Waals surface area contributed by atoms with Crippen molar-refractivity contribution in [3.8, 4) is 5.69 Å². The molecule has 3 heterocycles. The van der Waals surface area contributed by atoms with Crippen molar-refractivity contribution < 1.29 is 9.59 Å². The average Bonchev–Trinajstić information content (AvgIpc) is 3.43. The lowest BCUT2D eigenvalue weighted by atomic mass is 10.0. The molecule has 2 amide bonds. The van der Waals surface area contributed by atoms with Crippen LogP contribution in [0.4, 0.5) is 0 Å². The minimum atomic E-state index is -0.0196. The van der Waals surface area contributed by atoms with E-state index in [1.165, 1.54) is 11.3 Å². The lowest BCUT2D eigenvalue weighted by molar-refractivity contribution is -0.131. The first-order valence-electron chi connectivity index (χ1n) is 9.52. The summed E-state index contributed by atoms with van der Waals surface area (Å²) in [5, 5.41) is 6.84. The van der Waals surface area contributed by atoms with Crippen molar-refractivity contribution in [1.82, 2.24) is 14.8 Å². The van der Waals surface area contributed by atoms with Crippen LogP contribution in [0, 0.1) is 0 Å². The Kier molecular flexibility index (Phi) is 5.58. The smallest absolute Gasteiger partial charge is 0.252 e. The van der Waals surface area contributed by atoms with E-state index in [2.05, 4.69) is 5.32 Å². The SMILES string of the molecule is O=C(NC1CCN(C(=O)Cc2ccc(-n3cccc3)cc2)CC1)c1ccsc1. The predicted molar refractivity (Wildman–Crippen MR) is 111 cm³/mol. The fourth-order valence-electron chi connectivity index (χ4n) is 3.51. The topological polar surface area (TPSA) is 54.3 Å². The van der Waals surface area contributed by atoms with Gasteiger partial charge in [0.15, 0.2) is 0 Å². The number of hydrogen-bond donors (Lipinski definition) is 1. The van der Waals surface area contributed by atoms with Crippen molar-refractivity contribution in [2.24, 2.45) is 0 Å². The molecule has 1 saturated heterocycles. The van der Waals surface area contributed by atoms with Crippen molar-refractivity contribution in [2.75, 3.05) is 13.1 Å². The number of aromatic nitrogens is 1. The minimum Gasteiger partial charge on any atom is -0.349 e. The summed E-state index contributed by atoms with van der Waals surface area (Å²) in [7, 11) is 0. The van der Waals surface area contributed by atoms with Gasteiger partial charge >= 0.3 is 0 Å². The van der Waals surface area contributed by atoms with Crippen LogP contribution >= 0.6 is 11.3 Å². The highest BCUT2D eigenvalue weighted by Gasteiger charge is 2.24. The summed E-state index contributed by atoms with van der Waals surface area (Å²) in [5.74, 6) is 0.130. The van der Waals surface area contributed by atoms with Gasteiger partial charge in [-0.25, -0.2) is 0 Å². The van der Waals surface area contributed by atoms with Gasteiger partial charge in [-0.1, -0.05) is 12.1 Å². The van der Waals surface area contributed by atoms with Crippen molar-refractivity contribution in [3.05, 3.63) is 76.7 Å². The van der Waals surface area contributed by atoms with Crippen LogP contribution in [0.15, 0.2) is 65.6 Å². The molecule has 2 aromatic heterocycles. The predicted octanol–water partition coefficient (Wildman–Crippen LogP) is 3.50. The first-order valence-corrected chi connectivity index (χ1v) is 10.5. The Balaban J connectivity index is 1.26. The lowest BCUT2D eigenvalue weighted by Gasteiger charge is -2.32. The molecule has 0 bridgehead atoms. The third-order valence-corrected chi connectivity index (χ3v) is 5.84. The molecule has 0 radical (unpaired) electrons. The zero-order valence-corrected chi connectivity index (χ0v) is 16.4. The molecule has 6 heteroatoms. The van der Waals surface area contributed by atoms with Gasteiger partial charge in [0, 0.05) is 48.2 Å². The molecule has 1 N–H and O–H groups in total. The number of benzene rings is 1. The first kappa shape index (κ1) is 18.5. The summed E-state index contributed by atoms with van der Waals surface area (Å²) in [6, 6.07) is 14.1. The monoisotopic (exact) mass is 393 g/mol. The van der Waals surface area contributed by atoms with Gasteiger partial charge in [-0.2, -0.15) is 11.3 Å². The Labute approximate surface area is 168 Å². The van der Waals surface area contributed by atoms with Crippen LogP contribution in [0.25, 0.3) is 5.69 Å². The van der Waals surface area contributed by atoms with Crippen LogP contribution in [0.1, 0.15) is 28.8 Å². The van der Waals surface area contributed by atoms with E-state index in [0.29, 0.717) is 25.1 Å². The van der Waals surface area contributed by atoms with Gasteiger partial charge < -0.3 is 14.8 Å². The van der Waals surface area contributed by atoms with Crippen molar-refractivity contribution in [1.29, 1.82) is 0 Å². The van der Waals surface area contributed by atoms with Crippen LogP contribution < -0.4 is 5.32 Å². The van der Waals surface area contributed by atoms with E-state index in [1.807, 2.05) is 75.1 Å². The molecule has 0 aliphatic carbocycles. The molecule has 1 fully saturated rings. The summed E-state index contributed by atoms with van der Waals surface area (Å²) in [6.45, 7) is 1.38. The van der Waals surface area contributed by atoms with Gasteiger partial charge in [0.25, 0.3) is 5.91 Å². The molecule has 5 nitrogen and oxygen atoms in total. The van der Waals surface area contributed by atoms with E-state index in [0.717, 1.165) is 24.1 Å². The Morgan fingerprint density at radius 3 is 2.39 bits per heavy atom. The van der Waals surface area contributed by atoms with Gasteiger partial charge in [-0.05, 0) is 54.1 Å². The summed E-state index contributed by atoms with van der Waals surface area (Å²) in [5.41, 5.74) is 2.82. The highest BCUT2D eigenvalue weighted by molar-refractivity contribution is 7.08. The number of nitrogens with one attached hydrogen (secondary N) is 1. The normalized spacial score (nSPS) is 14.8. The number of carbonyl (C=O) groups is 2. The van der Waals surface area contributed by atoms with Crippen LogP contribution in [0.2, 0.25) is 0 Å². The van der Waals surface area contributed by atoms with Crippen molar-refractivity contribution in [2.45, 2.75) is 25.3 Å². The third-order valence-electron chi connectivity index (χ3n) is 5.16. The summed E-state index contributed by atoms with van der Waals surface area (Å²) in [4.78, 5) is 26.7. The van der Waals surface area contributed by atoms with Crippen LogP contribution in [-0.4, -0.2) is 40.4 Å². The van der Waals surface area contributed by atoms with E-state index in [9.17, 15) is 9.59 Å². The largest absolute Gasteiger partial charge is 0.349 e. The van der Waals surface area contributed by atoms with Gasteiger partial charge in [0.1, 0.15) is 0 Å². The third kappa shape index (κ3) is 4.34. The Morgan fingerprint density at radius 1 is 1.04 bits per heavy atom.